The standard InChI is InChI=1S/C13H10BrClF2N2/c14-7-1-3-11(16)9(5-7)13(19-18)10-6-8(15)2-4-12(10)17/h1-6,13,19H,18H2. The van der Waals surface area contributed by atoms with Crippen LogP contribution in [0.3, 0.4) is 0 Å². The number of rotatable bonds is 3. The van der Waals surface area contributed by atoms with Crippen LogP contribution in [0, 0.1) is 11.6 Å². The molecule has 2 nitrogen and oxygen atoms in total. The lowest BCUT2D eigenvalue weighted by Gasteiger charge is -2.18. The van der Waals surface area contributed by atoms with Crippen molar-refractivity contribution in [3.8, 4) is 0 Å². The Morgan fingerprint density at radius 1 is 1.05 bits per heavy atom. The highest BCUT2D eigenvalue weighted by atomic mass is 79.9. The molecule has 100 valence electrons. The molecule has 1 unspecified atom stereocenters. The quantitative estimate of drug-likeness (QED) is 0.652. The van der Waals surface area contributed by atoms with Gasteiger partial charge in [-0.1, -0.05) is 27.5 Å². The van der Waals surface area contributed by atoms with Gasteiger partial charge >= 0.3 is 0 Å². The molecule has 0 fully saturated rings. The van der Waals surface area contributed by atoms with Crippen LogP contribution in [0.1, 0.15) is 17.2 Å². The van der Waals surface area contributed by atoms with E-state index in [0.29, 0.717) is 9.50 Å². The summed E-state index contributed by atoms with van der Waals surface area (Å²) >= 11 is 9.08. The zero-order chi connectivity index (χ0) is 14.0. The van der Waals surface area contributed by atoms with Gasteiger partial charge in [0.15, 0.2) is 0 Å². The molecule has 0 aliphatic carbocycles. The molecule has 1 atom stereocenters. The second-order valence-electron chi connectivity index (χ2n) is 3.93. The number of hydrogen-bond acceptors (Lipinski definition) is 2. The summed E-state index contributed by atoms with van der Waals surface area (Å²) in [5.74, 6) is 4.44. The van der Waals surface area contributed by atoms with Crippen molar-refractivity contribution in [1.29, 1.82) is 0 Å². The second-order valence-corrected chi connectivity index (χ2v) is 5.28. The van der Waals surface area contributed by atoms with Gasteiger partial charge in [0.25, 0.3) is 0 Å². The predicted molar refractivity (Wildman–Crippen MR) is 74.7 cm³/mol. The summed E-state index contributed by atoms with van der Waals surface area (Å²) in [5, 5.41) is 0.354. The Labute approximate surface area is 122 Å². The Morgan fingerprint density at radius 2 is 1.63 bits per heavy atom. The van der Waals surface area contributed by atoms with Crippen molar-refractivity contribution in [2.75, 3.05) is 0 Å². The zero-order valence-electron chi connectivity index (χ0n) is 9.63. The van der Waals surface area contributed by atoms with Gasteiger partial charge in [-0.25, -0.2) is 14.2 Å². The highest BCUT2D eigenvalue weighted by Crippen LogP contribution is 2.29. The van der Waals surface area contributed by atoms with E-state index in [-0.39, 0.29) is 11.1 Å². The first kappa shape index (κ1) is 14.4. The van der Waals surface area contributed by atoms with E-state index in [9.17, 15) is 8.78 Å². The van der Waals surface area contributed by atoms with Crippen LogP contribution in [0.15, 0.2) is 40.9 Å². The Morgan fingerprint density at radius 3 is 2.26 bits per heavy atom. The van der Waals surface area contributed by atoms with E-state index in [1.807, 2.05) is 0 Å². The largest absolute Gasteiger partial charge is 0.271 e. The molecule has 0 aliphatic rings. The highest BCUT2D eigenvalue weighted by Gasteiger charge is 2.20. The van der Waals surface area contributed by atoms with Crippen LogP contribution in [-0.4, -0.2) is 0 Å². The van der Waals surface area contributed by atoms with Crippen molar-refractivity contribution < 1.29 is 8.78 Å². The molecule has 2 aromatic rings. The molecule has 0 aromatic heterocycles. The van der Waals surface area contributed by atoms with Gasteiger partial charge in [-0.3, -0.25) is 5.84 Å². The topological polar surface area (TPSA) is 38.0 Å². The van der Waals surface area contributed by atoms with Gasteiger partial charge in [-0.15, -0.1) is 0 Å². The third kappa shape index (κ3) is 3.12. The maximum atomic E-state index is 13.9. The summed E-state index contributed by atoms with van der Waals surface area (Å²) < 4.78 is 28.4. The maximum Gasteiger partial charge on any atom is 0.128 e. The minimum Gasteiger partial charge on any atom is -0.271 e. The van der Waals surface area contributed by atoms with Crippen LogP contribution in [0.5, 0.6) is 0 Å². The number of nitrogens with one attached hydrogen (secondary N) is 1. The number of benzene rings is 2. The van der Waals surface area contributed by atoms with Crippen LogP contribution in [0.4, 0.5) is 8.78 Å². The molecule has 2 rings (SSSR count). The van der Waals surface area contributed by atoms with Gasteiger partial charge in [0.05, 0.1) is 6.04 Å². The van der Waals surface area contributed by atoms with E-state index in [4.69, 9.17) is 17.4 Å². The molecule has 0 aliphatic heterocycles. The van der Waals surface area contributed by atoms with Crippen LogP contribution in [-0.2, 0) is 0 Å². The fourth-order valence-electron chi connectivity index (χ4n) is 1.82. The summed E-state index contributed by atoms with van der Waals surface area (Å²) in [5.41, 5.74) is 2.83. The first-order chi connectivity index (χ1) is 9.02. The van der Waals surface area contributed by atoms with Gasteiger partial charge in [-0.2, -0.15) is 0 Å². The van der Waals surface area contributed by atoms with Crippen LogP contribution >= 0.6 is 27.5 Å². The molecule has 0 saturated heterocycles. The van der Waals surface area contributed by atoms with Crippen molar-refractivity contribution in [2.24, 2.45) is 5.84 Å². The van der Waals surface area contributed by atoms with E-state index >= 15 is 0 Å². The Balaban J connectivity index is 2.55. The monoisotopic (exact) mass is 346 g/mol. The summed E-state index contributed by atoms with van der Waals surface area (Å²) in [4.78, 5) is 0. The molecule has 6 heteroatoms. The number of hydrogen-bond donors (Lipinski definition) is 2. The average Bonchev–Trinajstić information content (AvgIpc) is 2.38. The molecule has 19 heavy (non-hydrogen) atoms. The van der Waals surface area contributed by atoms with E-state index in [1.54, 1.807) is 12.1 Å². The van der Waals surface area contributed by atoms with E-state index in [2.05, 4.69) is 21.4 Å². The molecular weight excluding hydrogens is 338 g/mol. The molecular formula is C13H10BrClF2N2. The SMILES string of the molecule is NNC(c1cc(Cl)ccc1F)c1cc(Br)ccc1F. The van der Waals surface area contributed by atoms with Gasteiger partial charge in [0, 0.05) is 20.6 Å². The van der Waals surface area contributed by atoms with Gasteiger partial charge in [-0.05, 0) is 36.4 Å². The van der Waals surface area contributed by atoms with Crippen molar-refractivity contribution in [2.45, 2.75) is 6.04 Å². The van der Waals surface area contributed by atoms with Gasteiger partial charge in [0.1, 0.15) is 11.6 Å². The third-order valence-electron chi connectivity index (χ3n) is 2.70. The Bertz CT molecular complexity index is 556. The minimum atomic E-state index is -0.823. The summed E-state index contributed by atoms with van der Waals surface area (Å²) in [6.07, 6.45) is 0. The molecule has 0 radical (unpaired) electrons. The third-order valence-corrected chi connectivity index (χ3v) is 3.43. The number of halogens is 4. The van der Waals surface area contributed by atoms with Gasteiger partial charge < -0.3 is 0 Å². The fourth-order valence-corrected chi connectivity index (χ4v) is 2.38. The van der Waals surface area contributed by atoms with E-state index in [1.165, 1.54) is 24.3 Å². The van der Waals surface area contributed by atoms with E-state index in [0.717, 1.165) is 0 Å². The van der Waals surface area contributed by atoms with Crippen molar-refractivity contribution in [3.63, 3.8) is 0 Å². The second kappa shape index (κ2) is 5.96. The number of hydrazine groups is 1. The molecule has 0 heterocycles. The average molecular weight is 348 g/mol. The lowest BCUT2D eigenvalue weighted by molar-refractivity contribution is 0.531. The van der Waals surface area contributed by atoms with Crippen molar-refractivity contribution in [3.05, 3.63) is 68.7 Å². The van der Waals surface area contributed by atoms with E-state index < -0.39 is 17.7 Å². The molecule has 0 spiro atoms. The molecule has 3 N–H and O–H groups in total. The Kier molecular flexibility index (Phi) is 4.52. The van der Waals surface area contributed by atoms with Crippen molar-refractivity contribution in [1.82, 2.24) is 5.43 Å². The minimum absolute atomic E-state index is 0.187. The molecule has 0 saturated carbocycles. The first-order valence-electron chi connectivity index (χ1n) is 5.39. The summed E-state index contributed by atoms with van der Waals surface area (Å²) in [7, 11) is 0. The fraction of sp³-hybridized carbons (Fsp3) is 0.0769. The van der Waals surface area contributed by atoms with Crippen LogP contribution in [0.25, 0.3) is 0 Å². The highest BCUT2D eigenvalue weighted by molar-refractivity contribution is 9.10. The maximum absolute atomic E-state index is 13.9. The summed E-state index contributed by atoms with van der Waals surface area (Å²) in [6, 6.07) is 7.62. The number of nitrogens with two attached hydrogens (primary N) is 1. The van der Waals surface area contributed by atoms with Crippen LogP contribution in [0.2, 0.25) is 5.02 Å². The summed E-state index contributed by atoms with van der Waals surface area (Å²) in [6.45, 7) is 0. The van der Waals surface area contributed by atoms with Crippen molar-refractivity contribution >= 4 is 27.5 Å². The lowest BCUT2D eigenvalue weighted by atomic mass is 9.98. The lowest BCUT2D eigenvalue weighted by Crippen LogP contribution is -2.30. The molecule has 0 bridgehead atoms. The molecule has 0 amide bonds. The first-order valence-corrected chi connectivity index (χ1v) is 6.56. The molecule has 2 aromatic carbocycles. The zero-order valence-corrected chi connectivity index (χ0v) is 12.0. The van der Waals surface area contributed by atoms with Crippen LogP contribution < -0.4 is 11.3 Å². The predicted octanol–water partition coefficient (Wildman–Crippen LogP) is 3.93. The Hall–Kier alpha value is -1.01. The van der Waals surface area contributed by atoms with Gasteiger partial charge in [0.2, 0.25) is 0 Å². The normalized spacial score (nSPS) is 12.5. The smallest absolute Gasteiger partial charge is 0.128 e.